The van der Waals surface area contributed by atoms with Crippen LogP contribution in [-0.2, 0) is 16.5 Å². The number of hydrogen-bond acceptors (Lipinski definition) is 1. The Balaban J connectivity index is 0. The van der Waals surface area contributed by atoms with E-state index in [4.69, 9.17) is 5.41 Å². The SMILES string of the molecule is CCCCC=N.[Ni+2]. The number of hydrogen-bond donors (Lipinski definition) is 1. The van der Waals surface area contributed by atoms with Gasteiger partial charge in [-0.3, -0.25) is 0 Å². The van der Waals surface area contributed by atoms with Crippen molar-refractivity contribution >= 4 is 6.21 Å². The number of unbranched alkanes of at least 4 members (excludes halogenated alkanes) is 2. The fraction of sp³-hybridized carbons (Fsp3) is 0.800. The molecule has 0 saturated heterocycles. The topological polar surface area (TPSA) is 23.9 Å². The van der Waals surface area contributed by atoms with E-state index in [1.807, 2.05) is 0 Å². The second kappa shape index (κ2) is 9.48. The van der Waals surface area contributed by atoms with E-state index in [1.165, 1.54) is 19.1 Å². The third-order valence-corrected chi connectivity index (χ3v) is 0.702. The molecule has 1 nitrogen and oxygen atoms in total. The second-order valence-electron chi connectivity index (χ2n) is 1.35. The van der Waals surface area contributed by atoms with E-state index in [9.17, 15) is 0 Å². The van der Waals surface area contributed by atoms with Crippen molar-refractivity contribution in [3.05, 3.63) is 0 Å². The zero-order valence-corrected chi connectivity index (χ0v) is 5.50. The molecule has 0 aromatic rings. The summed E-state index contributed by atoms with van der Waals surface area (Å²) in [6, 6.07) is 0. The van der Waals surface area contributed by atoms with Gasteiger partial charge in [-0.05, 0) is 19.1 Å². The Labute approximate surface area is 54.9 Å². The summed E-state index contributed by atoms with van der Waals surface area (Å²) >= 11 is 0. The van der Waals surface area contributed by atoms with Crippen molar-refractivity contribution in [3.63, 3.8) is 0 Å². The van der Waals surface area contributed by atoms with Gasteiger partial charge in [-0.1, -0.05) is 13.3 Å². The average molecular weight is 144 g/mol. The Morgan fingerprint density at radius 2 is 2.14 bits per heavy atom. The standard InChI is InChI=1S/C5H11N.Ni/c1-2-3-4-5-6;/h5-6H,2-4H2,1H3;/q;+2. The Morgan fingerprint density at radius 1 is 1.57 bits per heavy atom. The summed E-state index contributed by atoms with van der Waals surface area (Å²) in [7, 11) is 0. The molecular formula is C5H11NNi+2. The molecule has 0 spiro atoms. The van der Waals surface area contributed by atoms with Crippen LogP contribution in [0.2, 0.25) is 0 Å². The zero-order valence-electron chi connectivity index (χ0n) is 4.51. The van der Waals surface area contributed by atoms with Gasteiger partial charge in [0.1, 0.15) is 0 Å². The van der Waals surface area contributed by atoms with Crippen molar-refractivity contribution in [2.24, 2.45) is 0 Å². The fourth-order valence-electron chi connectivity index (χ4n) is 0.306. The second-order valence-corrected chi connectivity index (χ2v) is 1.35. The first-order chi connectivity index (χ1) is 2.91. The Kier molecular flexibility index (Phi) is 13.8. The van der Waals surface area contributed by atoms with Crippen LogP contribution in [0.15, 0.2) is 0 Å². The van der Waals surface area contributed by atoms with Crippen LogP contribution >= 0.6 is 0 Å². The molecule has 0 aromatic carbocycles. The van der Waals surface area contributed by atoms with Crippen molar-refractivity contribution in [2.45, 2.75) is 26.2 Å². The molecule has 7 heavy (non-hydrogen) atoms. The fourth-order valence-corrected chi connectivity index (χ4v) is 0.306. The van der Waals surface area contributed by atoms with E-state index in [2.05, 4.69) is 6.92 Å². The molecule has 0 unspecified atom stereocenters. The normalized spacial score (nSPS) is 7.00. The summed E-state index contributed by atoms with van der Waals surface area (Å²) in [4.78, 5) is 0. The maximum Gasteiger partial charge on any atom is 2.00 e. The van der Waals surface area contributed by atoms with Gasteiger partial charge in [0.05, 0.1) is 0 Å². The van der Waals surface area contributed by atoms with Crippen LogP contribution in [0, 0.1) is 5.41 Å². The third-order valence-electron chi connectivity index (χ3n) is 0.702. The van der Waals surface area contributed by atoms with Gasteiger partial charge in [0, 0.05) is 0 Å². The minimum absolute atomic E-state index is 0. The van der Waals surface area contributed by atoms with Crippen molar-refractivity contribution in [3.8, 4) is 0 Å². The van der Waals surface area contributed by atoms with Crippen molar-refractivity contribution < 1.29 is 16.5 Å². The molecule has 0 saturated carbocycles. The molecule has 0 aliphatic heterocycles. The molecule has 0 radical (unpaired) electrons. The van der Waals surface area contributed by atoms with Gasteiger partial charge in [0.15, 0.2) is 0 Å². The van der Waals surface area contributed by atoms with Gasteiger partial charge in [0.2, 0.25) is 0 Å². The summed E-state index contributed by atoms with van der Waals surface area (Å²) in [5.74, 6) is 0. The van der Waals surface area contributed by atoms with Gasteiger partial charge in [-0.2, -0.15) is 0 Å². The average Bonchev–Trinajstić information content (AvgIpc) is 1.61. The van der Waals surface area contributed by atoms with Crippen LogP contribution in [-0.4, -0.2) is 6.21 Å². The molecule has 2 heteroatoms. The Hall–Kier alpha value is 0.164. The van der Waals surface area contributed by atoms with Gasteiger partial charge in [0.25, 0.3) is 0 Å². The van der Waals surface area contributed by atoms with Gasteiger partial charge in [-0.25, -0.2) is 0 Å². The third kappa shape index (κ3) is 10.7. The molecule has 0 bridgehead atoms. The first-order valence-corrected chi connectivity index (χ1v) is 2.40. The van der Waals surface area contributed by atoms with Crippen molar-refractivity contribution in [2.75, 3.05) is 0 Å². The maximum atomic E-state index is 6.58. The summed E-state index contributed by atoms with van der Waals surface area (Å²) in [5, 5.41) is 6.58. The van der Waals surface area contributed by atoms with E-state index in [1.54, 1.807) is 0 Å². The summed E-state index contributed by atoms with van der Waals surface area (Å²) in [6.07, 6.45) is 4.79. The molecule has 0 aliphatic rings. The molecule has 1 N–H and O–H groups in total. The molecule has 0 atom stereocenters. The van der Waals surface area contributed by atoms with Gasteiger partial charge in [-0.15, -0.1) is 0 Å². The quantitative estimate of drug-likeness (QED) is 0.354. The van der Waals surface area contributed by atoms with Crippen LogP contribution in [0.5, 0.6) is 0 Å². The van der Waals surface area contributed by atoms with Gasteiger partial charge >= 0.3 is 16.5 Å². The van der Waals surface area contributed by atoms with E-state index in [0.717, 1.165) is 6.42 Å². The van der Waals surface area contributed by atoms with Crippen LogP contribution in [0.3, 0.4) is 0 Å². The minimum atomic E-state index is 0. The monoisotopic (exact) mass is 143 g/mol. The molecule has 0 fully saturated rings. The predicted molar refractivity (Wildman–Crippen MR) is 28.3 cm³/mol. The van der Waals surface area contributed by atoms with E-state index >= 15 is 0 Å². The van der Waals surface area contributed by atoms with Gasteiger partial charge < -0.3 is 5.41 Å². The van der Waals surface area contributed by atoms with E-state index in [0.29, 0.717) is 0 Å². The Morgan fingerprint density at radius 3 is 2.29 bits per heavy atom. The molecule has 0 amide bonds. The maximum absolute atomic E-state index is 6.58. The largest absolute Gasteiger partial charge is 2.00 e. The molecule has 0 heterocycles. The Bertz CT molecular complexity index is 37.1. The van der Waals surface area contributed by atoms with E-state index < -0.39 is 0 Å². The molecule has 44 valence electrons. The first kappa shape index (κ1) is 10.2. The zero-order chi connectivity index (χ0) is 4.83. The number of rotatable bonds is 3. The summed E-state index contributed by atoms with van der Waals surface area (Å²) in [6.45, 7) is 2.13. The number of nitrogens with one attached hydrogen (secondary N) is 1. The summed E-state index contributed by atoms with van der Waals surface area (Å²) < 4.78 is 0. The van der Waals surface area contributed by atoms with Crippen LogP contribution in [0.25, 0.3) is 0 Å². The van der Waals surface area contributed by atoms with E-state index in [-0.39, 0.29) is 16.5 Å². The first-order valence-electron chi connectivity index (χ1n) is 2.40. The van der Waals surface area contributed by atoms with Crippen molar-refractivity contribution in [1.29, 1.82) is 5.41 Å². The van der Waals surface area contributed by atoms with Crippen LogP contribution in [0.4, 0.5) is 0 Å². The molecule has 0 aliphatic carbocycles. The minimum Gasteiger partial charge on any atom is -0.313 e. The molecule has 0 rings (SSSR count). The molecular weight excluding hydrogens is 133 g/mol. The van der Waals surface area contributed by atoms with Crippen LogP contribution in [0.1, 0.15) is 26.2 Å². The molecule has 0 aromatic heterocycles. The van der Waals surface area contributed by atoms with Crippen molar-refractivity contribution in [1.82, 2.24) is 0 Å². The van der Waals surface area contributed by atoms with Crippen LogP contribution < -0.4 is 0 Å². The summed E-state index contributed by atoms with van der Waals surface area (Å²) in [5.41, 5.74) is 0. The predicted octanol–water partition coefficient (Wildman–Crippen LogP) is 1.82. The smallest absolute Gasteiger partial charge is 0.313 e.